The molecule has 0 radical (unpaired) electrons. The van der Waals surface area contributed by atoms with Gasteiger partial charge in [0.15, 0.2) is 0 Å². The fourth-order valence-corrected chi connectivity index (χ4v) is 3.14. The minimum atomic E-state index is -0.209. The molecule has 0 unspecified atom stereocenters. The van der Waals surface area contributed by atoms with Crippen LogP contribution < -0.4 is 5.32 Å². The normalized spacial score (nSPS) is 10.0. The van der Waals surface area contributed by atoms with E-state index in [1.807, 2.05) is 24.3 Å². The topological polar surface area (TPSA) is 54.9 Å². The first-order valence-electron chi connectivity index (χ1n) is 7.61. The van der Waals surface area contributed by atoms with E-state index in [0.717, 1.165) is 11.1 Å². The van der Waals surface area contributed by atoms with Crippen LogP contribution in [0.25, 0.3) is 0 Å². The molecule has 0 saturated carbocycles. The number of terminal acetylenes is 1. The lowest BCUT2D eigenvalue weighted by Gasteiger charge is -2.09. The molecular formula is C20H15N3OS. The fraction of sp³-hybridized carbons (Fsp3) is 0.0500. The smallest absolute Gasteiger partial charge is 0.258 e. The number of anilines is 1. The average molecular weight is 345 g/mol. The Kier molecular flexibility index (Phi) is 5.45. The minimum absolute atomic E-state index is 0.209. The number of nitrogens with one attached hydrogen (secondary N) is 1. The van der Waals surface area contributed by atoms with E-state index in [1.165, 1.54) is 11.8 Å². The molecule has 5 heteroatoms. The van der Waals surface area contributed by atoms with E-state index in [0.29, 0.717) is 22.0 Å². The van der Waals surface area contributed by atoms with Crippen LogP contribution in [0, 0.1) is 12.3 Å². The zero-order chi connectivity index (χ0) is 17.5. The molecule has 0 spiro atoms. The van der Waals surface area contributed by atoms with Gasteiger partial charge in [0.05, 0.1) is 5.56 Å². The maximum Gasteiger partial charge on any atom is 0.258 e. The Balaban J connectivity index is 1.75. The molecule has 1 aromatic carbocycles. The second kappa shape index (κ2) is 8.13. The van der Waals surface area contributed by atoms with Crippen molar-refractivity contribution < 1.29 is 4.79 Å². The summed E-state index contributed by atoms with van der Waals surface area (Å²) in [6.07, 6.45) is 10.6. The molecule has 0 aliphatic rings. The van der Waals surface area contributed by atoms with Gasteiger partial charge in [0.25, 0.3) is 5.91 Å². The Hall–Kier alpha value is -3.10. The van der Waals surface area contributed by atoms with Crippen LogP contribution in [0.1, 0.15) is 21.5 Å². The first-order chi connectivity index (χ1) is 12.3. The van der Waals surface area contributed by atoms with Gasteiger partial charge in [-0.1, -0.05) is 12.0 Å². The highest BCUT2D eigenvalue weighted by Crippen LogP contribution is 2.24. The lowest BCUT2D eigenvalue weighted by atomic mass is 10.2. The van der Waals surface area contributed by atoms with Crippen molar-refractivity contribution in [3.05, 3.63) is 83.8 Å². The number of hydrogen-bond donors (Lipinski definition) is 1. The van der Waals surface area contributed by atoms with Gasteiger partial charge in [-0.05, 0) is 48.0 Å². The molecular weight excluding hydrogens is 330 g/mol. The van der Waals surface area contributed by atoms with Crippen molar-refractivity contribution in [2.45, 2.75) is 10.8 Å². The summed E-state index contributed by atoms with van der Waals surface area (Å²) in [6, 6.07) is 14.6. The van der Waals surface area contributed by atoms with Crippen molar-refractivity contribution in [1.29, 1.82) is 0 Å². The SMILES string of the molecule is C#Cc1cccc(NC(=O)c2cccnc2SCc2ccncc2)c1. The predicted octanol–water partition coefficient (Wildman–Crippen LogP) is 4.00. The van der Waals surface area contributed by atoms with E-state index in [9.17, 15) is 4.79 Å². The van der Waals surface area contributed by atoms with Gasteiger partial charge < -0.3 is 5.32 Å². The number of carbonyl (C=O) groups excluding carboxylic acids is 1. The first kappa shape index (κ1) is 16.7. The Morgan fingerprint density at radius 2 is 1.96 bits per heavy atom. The van der Waals surface area contributed by atoms with Crippen LogP contribution in [0.2, 0.25) is 0 Å². The third-order valence-electron chi connectivity index (χ3n) is 3.43. The first-order valence-corrected chi connectivity index (χ1v) is 8.59. The van der Waals surface area contributed by atoms with Gasteiger partial charge in [-0.25, -0.2) is 4.98 Å². The number of carbonyl (C=O) groups is 1. The molecule has 2 heterocycles. The Morgan fingerprint density at radius 1 is 1.12 bits per heavy atom. The van der Waals surface area contributed by atoms with E-state index in [1.54, 1.807) is 42.9 Å². The van der Waals surface area contributed by atoms with Crippen LogP contribution in [-0.2, 0) is 5.75 Å². The summed E-state index contributed by atoms with van der Waals surface area (Å²) in [4.78, 5) is 21.0. The number of benzene rings is 1. The third kappa shape index (κ3) is 4.46. The second-order valence-electron chi connectivity index (χ2n) is 5.18. The van der Waals surface area contributed by atoms with Gasteiger partial charge in [-0.15, -0.1) is 18.2 Å². The van der Waals surface area contributed by atoms with Crippen LogP contribution >= 0.6 is 11.8 Å². The Labute approximate surface area is 150 Å². The molecule has 1 N–H and O–H groups in total. The monoisotopic (exact) mass is 345 g/mol. The van der Waals surface area contributed by atoms with Crippen molar-refractivity contribution >= 4 is 23.4 Å². The molecule has 1 amide bonds. The molecule has 25 heavy (non-hydrogen) atoms. The van der Waals surface area contributed by atoms with Gasteiger partial charge in [-0.2, -0.15) is 0 Å². The standard InChI is InChI=1S/C20H15N3OS/c1-2-15-5-3-6-17(13-15)23-19(24)18-7-4-10-22-20(18)25-14-16-8-11-21-12-9-16/h1,3-13H,14H2,(H,23,24). The highest BCUT2D eigenvalue weighted by atomic mass is 32.2. The van der Waals surface area contributed by atoms with Gasteiger partial charge in [-0.3, -0.25) is 9.78 Å². The summed E-state index contributed by atoms with van der Waals surface area (Å²) in [7, 11) is 0. The highest BCUT2D eigenvalue weighted by Gasteiger charge is 2.13. The van der Waals surface area contributed by atoms with Crippen molar-refractivity contribution in [2.75, 3.05) is 5.32 Å². The maximum absolute atomic E-state index is 12.6. The number of amides is 1. The Bertz CT molecular complexity index is 919. The number of hydrogen-bond acceptors (Lipinski definition) is 4. The van der Waals surface area contributed by atoms with E-state index < -0.39 is 0 Å². The summed E-state index contributed by atoms with van der Waals surface area (Å²) in [5, 5.41) is 3.56. The van der Waals surface area contributed by atoms with E-state index in [-0.39, 0.29) is 5.91 Å². The minimum Gasteiger partial charge on any atom is -0.322 e. The molecule has 2 aromatic heterocycles. The zero-order valence-corrected chi connectivity index (χ0v) is 14.2. The molecule has 4 nitrogen and oxygen atoms in total. The number of rotatable bonds is 5. The summed E-state index contributed by atoms with van der Waals surface area (Å²) in [6.45, 7) is 0. The number of aromatic nitrogens is 2. The largest absolute Gasteiger partial charge is 0.322 e. The summed E-state index contributed by atoms with van der Waals surface area (Å²) < 4.78 is 0. The quantitative estimate of drug-likeness (QED) is 0.561. The van der Waals surface area contributed by atoms with Crippen LogP contribution in [0.5, 0.6) is 0 Å². The zero-order valence-electron chi connectivity index (χ0n) is 13.3. The van der Waals surface area contributed by atoms with Crippen LogP contribution in [0.3, 0.4) is 0 Å². The molecule has 0 aliphatic carbocycles. The lowest BCUT2D eigenvalue weighted by molar-refractivity contribution is 0.102. The average Bonchev–Trinajstić information content (AvgIpc) is 2.67. The lowest BCUT2D eigenvalue weighted by Crippen LogP contribution is -2.13. The Morgan fingerprint density at radius 3 is 2.76 bits per heavy atom. The predicted molar refractivity (Wildman–Crippen MR) is 100 cm³/mol. The number of nitrogens with zero attached hydrogens (tertiary/aromatic N) is 2. The van der Waals surface area contributed by atoms with Crippen molar-refractivity contribution in [2.24, 2.45) is 0 Å². The molecule has 122 valence electrons. The van der Waals surface area contributed by atoms with Gasteiger partial charge in [0, 0.05) is 35.6 Å². The summed E-state index contributed by atoms with van der Waals surface area (Å²) >= 11 is 1.51. The van der Waals surface area contributed by atoms with Crippen LogP contribution in [-0.4, -0.2) is 15.9 Å². The fourth-order valence-electron chi connectivity index (χ4n) is 2.19. The third-order valence-corrected chi connectivity index (χ3v) is 4.50. The maximum atomic E-state index is 12.6. The van der Waals surface area contributed by atoms with Crippen molar-refractivity contribution in [3.63, 3.8) is 0 Å². The second-order valence-corrected chi connectivity index (χ2v) is 6.14. The van der Waals surface area contributed by atoms with E-state index in [2.05, 4.69) is 21.2 Å². The molecule has 0 bridgehead atoms. The van der Waals surface area contributed by atoms with Crippen molar-refractivity contribution in [1.82, 2.24) is 9.97 Å². The highest BCUT2D eigenvalue weighted by molar-refractivity contribution is 7.98. The molecule has 0 atom stereocenters. The molecule has 0 saturated heterocycles. The van der Waals surface area contributed by atoms with E-state index in [4.69, 9.17) is 6.42 Å². The molecule has 0 fully saturated rings. The van der Waals surface area contributed by atoms with Crippen molar-refractivity contribution in [3.8, 4) is 12.3 Å². The van der Waals surface area contributed by atoms with Crippen LogP contribution in [0.15, 0.2) is 72.1 Å². The number of pyridine rings is 2. The van der Waals surface area contributed by atoms with Crippen LogP contribution in [0.4, 0.5) is 5.69 Å². The summed E-state index contributed by atoms with van der Waals surface area (Å²) in [5.41, 5.74) is 3.04. The summed E-state index contributed by atoms with van der Waals surface area (Å²) in [5.74, 6) is 3.06. The number of thioether (sulfide) groups is 1. The molecule has 3 aromatic rings. The van der Waals surface area contributed by atoms with E-state index >= 15 is 0 Å². The van der Waals surface area contributed by atoms with Gasteiger partial charge in [0.2, 0.25) is 0 Å². The van der Waals surface area contributed by atoms with Gasteiger partial charge in [0.1, 0.15) is 5.03 Å². The van der Waals surface area contributed by atoms with Gasteiger partial charge >= 0.3 is 0 Å². The molecule has 0 aliphatic heterocycles. The molecule has 3 rings (SSSR count).